The van der Waals surface area contributed by atoms with Gasteiger partial charge in [-0.1, -0.05) is 23.7 Å². The molecule has 1 atom stereocenters. The number of pyridine rings is 1. The van der Waals surface area contributed by atoms with Crippen LogP contribution in [0.3, 0.4) is 0 Å². The predicted molar refractivity (Wildman–Crippen MR) is 121 cm³/mol. The molecule has 0 radical (unpaired) electrons. The molecule has 2 aromatic rings. The lowest BCUT2D eigenvalue weighted by Gasteiger charge is -2.32. The Hall–Kier alpha value is -3.53. The number of piperidine rings is 1. The van der Waals surface area contributed by atoms with Crippen molar-refractivity contribution in [3.63, 3.8) is 0 Å². The molecule has 1 aromatic carbocycles. The smallest absolute Gasteiger partial charge is 0.325 e. The minimum absolute atomic E-state index is 0.189. The Labute approximate surface area is 200 Å². The molecule has 0 bridgehead atoms. The Morgan fingerprint density at radius 1 is 1.18 bits per heavy atom. The molecule has 1 aromatic heterocycles. The van der Waals surface area contributed by atoms with Gasteiger partial charge in [-0.25, -0.2) is 14.2 Å². The largest absolute Gasteiger partial charge is 0.341 e. The number of urea groups is 1. The summed E-state index contributed by atoms with van der Waals surface area (Å²) in [5.74, 6) is -1.51. The molecule has 2 saturated heterocycles. The summed E-state index contributed by atoms with van der Waals surface area (Å²) in [5, 5.41) is 5.81. The number of hydrogen-bond acceptors (Lipinski definition) is 5. The first-order valence-corrected chi connectivity index (χ1v) is 11.2. The van der Waals surface area contributed by atoms with Crippen LogP contribution in [0.4, 0.5) is 15.0 Å². The highest BCUT2D eigenvalue weighted by atomic mass is 35.5. The van der Waals surface area contributed by atoms with Gasteiger partial charge in [0.05, 0.1) is 5.02 Å². The maximum atomic E-state index is 13.3. The molecule has 0 saturated carbocycles. The molecular formula is C23H23ClFN5O4. The van der Waals surface area contributed by atoms with E-state index in [0.717, 1.165) is 4.90 Å². The van der Waals surface area contributed by atoms with E-state index in [1.54, 1.807) is 17.0 Å². The van der Waals surface area contributed by atoms with E-state index in [4.69, 9.17) is 11.6 Å². The molecule has 2 aliphatic heterocycles. The van der Waals surface area contributed by atoms with E-state index in [1.165, 1.54) is 37.4 Å². The van der Waals surface area contributed by atoms with Crippen LogP contribution < -0.4 is 10.6 Å². The number of likely N-dealkylation sites (tertiary alicyclic amines) is 1. The minimum atomic E-state index is -1.38. The second-order valence-corrected chi connectivity index (χ2v) is 8.90. The average Bonchev–Trinajstić information content (AvgIpc) is 3.04. The van der Waals surface area contributed by atoms with Crippen LogP contribution in [0.1, 0.15) is 25.3 Å². The Balaban J connectivity index is 1.32. The fraction of sp³-hybridized carbons (Fsp3) is 0.348. The third-order valence-electron chi connectivity index (χ3n) is 6.19. The fourth-order valence-corrected chi connectivity index (χ4v) is 4.24. The normalized spacial score (nSPS) is 20.9. The predicted octanol–water partition coefficient (Wildman–Crippen LogP) is 2.52. The fourth-order valence-electron chi connectivity index (χ4n) is 4.12. The highest BCUT2D eigenvalue weighted by Crippen LogP contribution is 2.29. The molecule has 0 aliphatic carbocycles. The van der Waals surface area contributed by atoms with E-state index in [2.05, 4.69) is 15.6 Å². The SMILES string of the molecule is CC1(c2ccc(F)cc2)NC(=O)N(CC(=O)N2CCC(C(=O)Nc3ccc(Cl)cn3)CC2)C1=O. The van der Waals surface area contributed by atoms with Gasteiger partial charge in [-0.3, -0.25) is 19.3 Å². The summed E-state index contributed by atoms with van der Waals surface area (Å²) in [6.07, 6.45) is 2.33. The Bertz CT molecular complexity index is 1120. The van der Waals surface area contributed by atoms with Crippen LogP contribution in [-0.2, 0) is 19.9 Å². The van der Waals surface area contributed by atoms with Crippen LogP contribution in [0.2, 0.25) is 5.02 Å². The lowest BCUT2D eigenvalue weighted by molar-refractivity contribution is -0.140. The van der Waals surface area contributed by atoms with Crippen LogP contribution in [0.15, 0.2) is 42.6 Å². The molecule has 2 aliphatic rings. The van der Waals surface area contributed by atoms with Crippen molar-refractivity contribution in [3.8, 4) is 0 Å². The zero-order valence-corrected chi connectivity index (χ0v) is 19.1. The molecule has 178 valence electrons. The molecular weight excluding hydrogens is 465 g/mol. The van der Waals surface area contributed by atoms with Crippen LogP contribution >= 0.6 is 11.6 Å². The van der Waals surface area contributed by atoms with E-state index in [1.807, 2.05) is 0 Å². The van der Waals surface area contributed by atoms with Gasteiger partial charge >= 0.3 is 6.03 Å². The number of carbonyl (C=O) groups excluding carboxylic acids is 4. The van der Waals surface area contributed by atoms with E-state index in [0.29, 0.717) is 42.3 Å². The highest BCUT2D eigenvalue weighted by molar-refractivity contribution is 6.30. The van der Waals surface area contributed by atoms with Crippen molar-refractivity contribution in [1.29, 1.82) is 0 Å². The second-order valence-electron chi connectivity index (χ2n) is 8.46. The molecule has 2 fully saturated rings. The van der Waals surface area contributed by atoms with Gasteiger partial charge in [0.1, 0.15) is 23.7 Å². The quantitative estimate of drug-likeness (QED) is 0.629. The molecule has 2 N–H and O–H groups in total. The first kappa shape index (κ1) is 23.6. The molecule has 34 heavy (non-hydrogen) atoms. The number of hydrogen-bond donors (Lipinski definition) is 2. The zero-order valence-electron chi connectivity index (χ0n) is 18.4. The lowest BCUT2D eigenvalue weighted by Crippen LogP contribution is -2.47. The van der Waals surface area contributed by atoms with Gasteiger partial charge < -0.3 is 15.5 Å². The number of aromatic nitrogens is 1. The van der Waals surface area contributed by atoms with Gasteiger partial charge in [-0.05, 0) is 49.6 Å². The third-order valence-corrected chi connectivity index (χ3v) is 6.41. The van der Waals surface area contributed by atoms with E-state index in [9.17, 15) is 23.6 Å². The van der Waals surface area contributed by atoms with Gasteiger partial charge in [0.25, 0.3) is 5.91 Å². The van der Waals surface area contributed by atoms with Crippen molar-refractivity contribution >= 4 is 41.2 Å². The van der Waals surface area contributed by atoms with Gasteiger partial charge in [0.2, 0.25) is 11.8 Å². The first-order chi connectivity index (χ1) is 16.2. The second kappa shape index (κ2) is 9.38. The van der Waals surface area contributed by atoms with Gasteiger partial charge in [0, 0.05) is 25.2 Å². The van der Waals surface area contributed by atoms with Crippen molar-refractivity contribution < 1.29 is 23.6 Å². The third kappa shape index (κ3) is 4.72. The van der Waals surface area contributed by atoms with Crippen molar-refractivity contribution in [2.24, 2.45) is 5.92 Å². The van der Waals surface area contributed by atoms with E-state index in [-0.39, 0.29) is 17.7 Å². The maximum absolute atomic E-state index is 13.3. The summed E-state index contributed by atoms with van der Waals surface area (Å²) in [5.41, 5.74) is -0.963. The van der Waals surface area contributed by atoms with E-state index < -0.39 is 29.8 Å². The summed E-state index contributed by atoms with van der Waals surface area (Å²) < 4.78 is 13.3. The summed E-state index contributed by atoms with van der Waals surface area (Å²) in [6, 6.07) is 7.81. The van der Waals surface area contributed by atoms with Crippen molar-refractivity contribution in [2.75, 3.05) is 25.0 Å². The van der Waals surface area contributed by atoms with E-state index >= 15 is 0 Å². The Kier molecular flexibility index (Phi) is 6.52. The standard InChI is InChI=1S/C23H23ClFN5O4/c1-23(15-2-5-17(25)6-3-15)21(33)30(22(34)28-23)13-19(31)29-10-8-14(9-11-29)20(32)27-18-7-4-16(24)12-26-18/h2-7,12,14H,8-11,13H2,1H3,(H,28,34)(H,26,27,32). The topological polar surface area (TPSA) is 112 Å². The maximum Gasteiger partial charge on any atom is 0.325 e. The molecule has 11 heteroatoms. The zero-order chi connectivity index (χ0) is 24.5. The van der Waals surface area contributed by atoms with Gasteiger partial charge in [-0.15, -0.1) is 0 Å². The number of rotatable bonds is 5. The molecule has 0 spiro atoms. The average molecular weight is 488 g/mol. The summed E-state index contributed by atoms with van der Waals surface area (Å²) in [7, 11) is 0. The van der Waals surface area contributed by atoms with Crippen molar-refractivity contribution in [2.45, 2.75) is 25.3 Å². The van der Waals surface area contributed by atoms with Crippen LogP contribution in [0, 0.1) is 11.7 Å². The number of imide groups is 1. The number of halogens is 2. The molecule has 9 nitrogen and oxygen atoms in total. The summed E-state index contributed by atoms with van der Waals surface area (Å²) >= 11 is 5.80. The van der Waals surface area contributed by atoms with Crippen LogP contribution in [0.25, 0.3) is 0 Å². The molecule has 3 heterocycles. The first-order valence-electron chi connectivity index (χ1n) is 10.8. The highest BCUT2D eigenvalue weighted by Gasteiger charge is 2.49. The molecule has 5 amide bonds. The number of anilines is 1. The van der Waals surface area contributed by atoms with Crippen LogP contribution in [0.5, 0.6) is 0 Å². The Morgan fingerprint density at radius 2 is 1.85 bits per heavy atom. The van der Waals surface area contributed by atoms with Gasteiger partial charge in [-0.2, -0.15) is 0 Å². The number of benzene rings is 1. The monoisotopic (exact) mass is 487 g/mol. The summed E-state index contributed by atoms with van der Waals surface area (Å²) in [6.45, 7) is 1.76. The lowest BCUT2D eigenvalue weighted by atomic mass is 9.92. The number of nitrogens with one attached hydrogen (secondary N) is 2. The van der Waals surface area contributed by atoms with Crippen molar-refractivity contribution in [3.05, 3.63) is 59.0 Å². The number of carbonyl (C=O) groups is 4. The Morgan fingerprint density at radius 3 is 2.47 bits per heavy atom. The van der Waals surface area contributed by atoms with Crippen LogP contribution in [-0.4, -0.2) is 58.2 Å². The minimum Gasteiger partial charge on any atom is -0.341 e. The molecule has 1 unspecified atom stereocenters. The summed E-state index contributed by atoms with van der Waals surface area (Å²) in [4.78, 5) is 57.2. The van der Waals surface area contributed by atoms with Crippen molar-refractivity contribution in [1.82, 2.24) is 20.1 Å². The number of amides is 5. The van der Waals surface area contributed by atoms with Gasteiger partial charge in [0.15, 0.2) is 0 Å². The number of nitrogens with zero attached hydrogens (tertiary/aromatic N) is 3. The molecule has 4 rings (SSSR count).